The number of hydrogen-bond acceptors (Lipinski definition) is 3. The molecule has 0 spiro atoms. The van der Waals surface area contributed by atoms with Crippen LogP contribution in [0.5, 0.6) is 0 Å². The lowest BCUT2D eigenvalue weighted by atomic mass is 10.2. The third-order valence-electron chi connectivity index (χ3n) is 4.20. The highest BCUT2D eigenvalue weighted by atomic mass is 16.2. The Kier molecular flexibility index (Phi) is 5.41. The van der Waals surface area contributed by atoms with Crippen molar-refractivity contribution in [1.29, 1.82) is 0 Å². The first-order valence-corrected chi connectivity index (χ1v) is 7.89. The number of rotatable bonds is 5. The second-order valence-electron chi connectivity index (χ2n) is 5.86. The van der Waals surface area contributed by atoms with Gasteiger partial charge in [0.2, 0.25) is 11.8 Å². The van der Waals surface area contributed by atoms with E-state index in [9.17, 15) is 9.59 Å². The molecule has 1 fully saturated rings. The fourth-order valence-corrected chi connectivity index (χ4v) is 2.76. The standard InChI is InChI=1S/C17H25N3O2/c1-4-5-17(22)18-14-6-8-15(9-7-14)20-11-10-16(12-20)19(3)13(2)21/h6-9,16H,4-5,10-12H2,1-3H3,(H,18,22). The van der Waals surface area contributed by atoms with E-state index < -0.39 is 0 Å². The van der Waals surface area contributed by atoms with E-state index in [1.165, 1.54) is 0 Å². The predicted molar refractivity (Wildman–Crippen MR) is 89.0 cm³/mol. The molecule has 0 aliphatic carbocycles. The van der Waals surface area contributed by atoms with Crippen LogP contribution < -0.4 is 10.2 Å². The van der Waals surface area contributed by atoms with Gasteiger partial charge < -0.3 is 15.1 Å². The number of nitrogens with one attached hydrogen (secondary N) is 1. The van der Waals surface area contributed by atoms with Crippen molar-refractivity contribution in [3.63, 3.8) is 0 Å². The van der Waals surface area contributed by atoms with Gasteiger partial charge in [0, 0.05) is 44.9 Å². The summed E-state index contributed by atoms with van der Waals surface area (Å²) in [7, 11) is 1.86. The molecule has 1 N–H and O–H groups in total. The molecule has 0 radical (unpaired) electrons. The van der Waals surface area contributed by atoms with Gasteiger partial charge in [-0.05, 0) is 37.1 Å². The smallest absolute Gasteiger partial charge is 0.224 e. The third kappa shape index (κ3) is 4.00. The van der Waals surface area contributed by atoms with Crippen LogP contribution in [-0.2, 0) is 9.59 Å². The highest BCUT2D eigenvalue weighted by Gasteiger charge is 2.27. The average molecular weight is 303 g/mol. The van der Waals surface area contributed by atoms with Crippen molar-refractivity contribution in [2.24, 2.45) is 0 Å². The van der Waals surface area contributed by atoms with Crippen LogP contribution in [0, 0.1) is 0 Å². The third-order valence-corrected chi connectivity index (χ3v) is 4.20. The summed E-state index contributed by atoms with van der Waals surface area (Å²) in [6, 6.07) is 8.20. The Hall–Kier alpha value is -2.04. The van der Waals surface area contributed by atoms with Crippen molar-refractivity contribution in [3.05, 3.63) is 24.3 Å². The minimum atomic E-state index is 0.0552. The van der Waals surface area contributed by atoms with Gasteiger partial charge in [-0.15, -0.1) is 0 Å². The molecule has 1 aromatic rings. The summed E-state index contributed by atoms with van der Waals surface area (Å²) in [4.78, 5) is 27.1. The van der Waals surface area contributed by atoms with E-state index in [1.54, 1.807) is 6.92 Å². The van der Waals surface area contributed by atoms with Gasteiger partial charge in [0.15, 0.2) is 0 Å². The molecular weight excluding hydrogens is 278 g/mol. The van der Waals surface area contributed by atoms with Gasteiger partial charge in [-0.1, -0.05) is 6.92 Å². The minimum absolute atomic E-state index is 0.0552. The molecular formula is C17H25N3O2. The molecule has 5 heteroatoms. The van der Waals surface area contributed by atoms with E-state index in [0.717, 1.165) is 37.3 Å². The van der Waals surface area contributed by atoms with Crippen molar-refractivity contribution in [3.8, 4) is 0 Å². The Labute approximate surface area is 132 Å². The first-order valence-electron chi connectivity index (χ1n) is 7.89. The molecule has 1 aromatic carbocycles. The predicted octanol–water partition coefficient (Wildman–Crippen LogP) is 2.48. The lowest BCUT2D eigenvalue weighted by Crippen LogP contribution is -2.37. The highest BCUT2D eigenvalue weighted by molar-refractivity contribution is 5.90. The second kappa shape index (κ2) is 7.29. The molecule has 1 saturated heterocycles. The molecule has 0 saturated carbocycles. The van der Waals surface area contributed by atoms with Crippen LogP contribution in [0.15, 0.2) is 24.3 Å². The molecule has 5 nitrogen and oxygen atoms in total. The van der Waals surface area contributed by atoms with E-state index >= 15 is 0 Å². The van der Waals surface area contributed by atoms with Gasteiger partial charge in [0.1, 0.15) is 0 Å². The fourth-order valence-electron chi connectivity index (χ4n) is 2.76. The lowest BCUT2D eigenvalue weighted by Gasteiger charge is -2.24. The zero-order chi connectivity index (χ0) is 16.1. The molecule has 1 aliphatic heterocycles. The number of hydrogen-bond donors (Lipinski definition) is 1. The van der Waals surface area contributed by atoms with Crippen LogP contribution in [0.1, 0.15) is 33.1 Å². The molecule has 1 heterocycles. The summed E-state index contributed by atoms with van der Waals surface area (Å²) in [5.74, 6) is 0.167. The van der Waals surface area contributed by atoms with E-state index in [-0.39, 0.29) is 17.9 Å². The number of benzene rings is 1. The molecule has 0 bridgehead atoms. The van der Waals surface area contributed by atoms with Gasteiger partial charge >= 0.3 is 0 Å². The van der Waals surface area contributed by atoms with E-state index in [4.69, 9.17) is 0 Å². The average Bonchev–Trinajstić information content (AvgIpc) is 2.97. The molecule has 0 aromatic heterocycles. The van der Waals surface area contributed by atoms with Crippen LogP contribution in [0.3, 0.4) is 0 Å². The summed E-state index contributed by atoms with van der Waals surface area (Å²) in [6.07, 6.45) is 2.39. The maximum Gasteiger partial charge on any atom is 0.224 e. The monoisotopic (exact) mass is 303 g/mol. The highest BCUT2D eigenvalue weighted by Crippen LogP contribution is 2.24. The summed E-state index contributed by atoms with van der Waals surface area (Å²) in [6.45, 7) is 5.41. The number of anilines is 2. The van der Waals surface area contributed by atoms with E-state index in [1.807, 2.05) is 43.1 Å². The van der Waals surface area contributed by atoms with Crippen LogP contribution in [0.4, 0.5) is 11.4 Å². The molecule has 1 aliphatic rings. The number of likely N-dealkylation sites (N-methyl/N-ethyl adjacent to an activating group) is 1. The number of carbonyl (C=O) groups excluding carboxylic acids is 2. The van der Waals surface area contributed by atoms with Crippen LogP contribution in [0.2, 0.25) is 0 Å². The summed E-state index contributed by atoms with van der Waals surface area (Å²) in [5.41, 5.74) is 1.96. The zero-order valence-corrected chi connectivity index (χ0v) is 13.6. The summed E-state index contributed by atoms with van der Waals surface area (Å²) >= 11 is 0. The van der Waals surface area contributed by atoms with Crippen molar-refractivity contribution in [2.45, 2.75) is 39.2 Å². The first kappa shape index (κ1) is 16.3. The zero-order valence-electron chi connectivity index (χ0n) is 13.6. The maximum absolute atomic E-state index is 11.6. The van der Waals surface area contributed by atoms with Crippen molar-refractivity contribution >= 4 is 23.2 Å². The SMILES string of the molecule is CCCC(=O)Nc1ccc(N2CCC(N(C)C(C)=O)C2)cc1. The van der Waals surface area contributed by atoms with Gasteiger partial charge in [-0.2, -0.15) is 0 Å². The van der Waals surface area contributed by atoms with Gasteiger partial charge in [0.25, 0.3) is 0 Å². The van der Waals surface area contributed by atoms with Crippen LogP contribution in [-0.4, -0.2) is 42.9 Å². The normalized spacial score (nSPS) is 17.4. The Morgan fingerprint density at radius 3 is 2.59 bits per heavy atom. The largest absolute Gasteiger partial charge is 0.369 e. The topological polar surface area (TPSA) is 52.7 Å². The molecule has 120 valence electrons. The lowest BCUT2D eigenvalue weighted by molar-refractivity contribution is -0.129. The molecule has 2 rings (SSSR count). The molecule has 22 heavy (non-hydrogen) atoms. The molecule has 1 unspecified atom stereocenters. The van der Waals surface area contributed by atoms with Crippen molar-refractivity contribution in [1.82, 2.24) is 4.90 Å². The van der Waals surface area contributed by atoms with Crippen LogP contribution in [0.25, 0.3) is 0 Å². The first-order chi connectivity index (χ1) is 10.5. The summed E-state index contributed by atoms with van der Waals surface area (Å²) < 4.78 is 0. The summed E-state index contributed by atoms with van der Waals surface area (Å²) in [5, 5.41) is 2.89. The quantitative estimate of drug-likeness (QED) is 0.909. The Morgan fingerprint density at radius 2 is 2.00 bits per heavy atom. The second-order valence-corrected chi connectivity index (χ2v) is 5.86. The Bertz CT molecular complexity index is 527. The van der Waals surface area contributed by atoms with E-state index in [0.29, 0.717) is 6.42 Å². The van der Waals surface area contributed by atoms with Gasteiger partial charge in [0.05, 0.1) is 6.04 Å². The minimum Gasteiger partial charge on any atom is -0.369 e. The number of nitrogens with zero attached hydrogens (tertiary/aromatic N) is 2. The van der Waals surface area contributed by atoms with E-state index in [2.05, 4.69) is 10.2 Å². The maximum atomic E-state index is 11.6. The fraction of sp³-hybridized carbons (Fsp3) is 0.529. The Balaban J connectivity index is 1.94. The molecule has 1 atom stereocenters. The van der Waals surface area contributed by atoms with Crippen molar-refractivity contribution in [2.75, 3.05) is 30.4 Å². The molecule has 2 amide bonds. The van der Waals surface area contributed by atoms with Crippen molar-refractivity contribution < 1.29 is 9.59 Å². The Morgan fingerprint density at radius 1 is 1.32 bits per heavy atom. The van der Waals surface area contributed by atoms with Gasteiger partial charge in [-0.3, -0.25) is 9.59 Å². The van der Waals surface area contributed by atoms with Gasteiger partial charge in [-0.25, -0.2) is 0 Å². The van der Waals surface area contributed by atoms with Crippen LogP contribution >= 0.6 is 0 Å². The number of amides is 2. The number of carbonyl (C=O) groups is 2.